The van der Waals surface area contributed by atoms with Gasteiger partial charge in [-0.3, -0.25) is 9.17 Å². The van der Waals surface area contributed by atoms with E-state index < -0.39 is 20.1 Å². The summed E-state index contributed by atoms with van der Waals surface area (Å²) >= 11 is 0. The van der Waals surface area contributed by atoms with Crippen LogP contribution in [0.4, 0.5) is 0 Å². The second kappa shape index (κ2) is 12.8. The Bertz CT molecular complexity index is 1330. The lowest BCUT2D eigenvalue weighted by molar-refractivity contribution is 0.245. The zero-order chi connectivity index (χ0) is 26.2. The molecule has 3 rings (SSSR count). The predicted molar refractivity (Wildman–Crippen MR) is 143 cm³/mol. The minimum atomic E-state index is -3.86. The van der Waals surface area contributed by atoms with E-state index in [4.69, 9.17) is 4.18 Å². The van der Waals surface area contributed by atoms with Crippen LogP contribution in [0.25, 0.3) is 10.8 Å². The summed E-state index contributed by atoms with van der Waals surface area (Å²) in [5.41, 5.74) is 0.963. The number of sulfonamides is 1. The molecule has 0 bridgehead atoms. The summed E-state index contributed by atoms with van der Waals surface area (Å²) in [6, 6.07) is 13.5. The molecule has 1 atom stereocenters. The first kappa shape index (κ1) is 28.2. The summed E-state index contributed by atoms with van der Waals surface area (Å²) in [4.78, 5) is 4.49. The van der Waals surface area contributed by atoms with Crippen LogP contribution >= 0.6 is 0 Å². The van der Waals surface area contributed by atoms with E-state index in [1.807, 2.05) is 19.9 Å². The lowest BCUT2D eigenvalue weighted by Gasteiger charge is -2.24. The standard InChI is InChI=1S/C27H36N2O5S2/c1-4-5-6-7-18-29(35(30,31)27-10-8-9-24-20-28-17-15-26(24)27)19-16-23(3)21-34-36(32,33)25-13-11-22(2)12-14-25/h8-15,17,20,23H,4-7,16,18-19,21H2,1-3H3. The van der Waals surface area contributed by atoms with Gasteiger partial charge in [0, 0.05) is 36.3 Å². The van der Waals surface area contributed by atoms with Gasteiger partial charge >= 0.3 is 0 Å². The second-order valence-corrected chi connectivity index (χ2v) is 12.8. The van der Waals surface area contributed by atoms with E-state index in [0.717, 1.165) is 36.6 Å². The maximum Gasteiger partial charge on any atom is 0.296 e. The first-order chi connectivity index (χ1) is 17.1. The van der Waals surface area contributed by atoms with Gasteiger partial charge in [-0.15, -0.1) is 0 Å². The van der Waals surface area contributed by atoms with Crippen LogP contribution in [0.1, 0.15) is 51.5 Å². The van der Waals surface area contributed by atoms with Gasteiger partial charge in [0.25, 0.3) is 10.1 Å². The van der Waals surface area contributed by atoms with Crippen LogP contribution in [0.2, 0.25) is 0 Å². The van der Waals surface area contributed by atoms with Gasteiger partial charge in [-0.2, -0.15) is 12.7 Å². The van der Waals surface area contributed by atoms with E-state index >= 15 is 0 Å². The molecule has 0 saturated heterocycles. The molecule has 0 N–H and O–H groups in total. The van der Waals surface area contributed by atoms with Gasteiger partial charge in [-0.1, -0.05) is 62.9 Å². The maximum atomic E-state index is 13.7. The molecule has 1 unspecified atom stereocenters. The van der Waals surface area contributed by atoms with Gasteiger partial charge < -0.3 is 0 Å². The first-order valence-corrected chi connectivity index (χ1v) is 15.3. The van der Waals surface area contributed by atoms with Gasteiger partial charge in [0.05, 0.1) is 16.4 Å². The molecular formula is C27H36N2O5S2. The van der Waals surface area contributed by atoms with Crippen LogP contribution in [0.3, 0.4) is 0 Å². The molecule has 36 heavy (non-hydrogen) atoms. The molecule has 1 aromatic heterocycles. The molecule has 0 fully saturated rings. The van der Waals surface area contributed by atoms with Crippen molar-refractivity contribution in [2.45, 2.75) is 62.7 Å². The largest absolute Gasteiger partial charge is 0.296 e. The third kappa shape index (κ3) is 7.35. The lowest BCUT2D eigenvalue weighted by atomic mass is 10.1. The molecule has 0 spiro atoms. The average molecular weight is 533 g/mol. The fraction of sp³-hybridized carbons (Fsp3) is 0.444. The lowest BCUT2D eigenvalue weighted by Crippen LogP contribution is -2.34. The highest BCUT2D eigenvalue weighted by atomic mass is 32.2. The molecule has 7 nitrogen and oxygen atoms in total. The molecule has 2 aromatic carbocycles. The Morgan fingerprint density at radius 1 is 0.944 bits per heavy atom. The van der Waals surface area contributed by atoms with Crippen molar-refractivity contribution in [1.82, 2.24) is 9.29 Å². The van der Waals surface area contributed by atoms with Gasteiger partial charge in [0.15, 0.2) is 0 Å². The topological polar surface area (TPSA) is 93.6 Å². The van der Waals surface area contributed by atoms with E-state index in [1.54, 1.807) is 42.7 Å². The molecule has 0 radical (unpaired) electrons. The van der Waals surface area contributed by atoms with E-state index in [9.17, 15) is 16.8 Å². The molecular weight excluding hydrogens is 496 g/mol. The number of hydrogen-bond donors (Lipinski definition) is 0. The molecule has 3 aromatic rings. The van der Waals surface area contributed by atoms with Crippen LogP contribution in [-0.2, 0) is 24.3 Å². The fourth-order valence-corrected chi connectivity index (χ4v) is 6.68. The maximum absolute atomic E-state index is 13.7. The third-order valence-electron chi connectivity index (χ3n) is 6.21. The first-order valence-electron chi connectivity index (χ1n) is 12.4. The van der Waals surface area contributed by atoms with Crippen molar-refractivity contribution in [2.24, 2.45) is 5.92 Å². The Morgan fingerprint density at radius 2 is 1.69 bits per heavy atom. The quantitative estimate of drug-likeness (QED) is 0.200. The van der Waals surface area contributed by atoms with Crippen molar-refractivity contribution in [3.05, 3.63) is 66.5 Å². The van der Waals surface area contributed by atoms with Gasteiger partial charge in [0.2, 0.25) is 10.0 Å². The van der Waals surface area contributed by atoms with Crippen molar-refractivity contribution in [1.29, 1.82) is 0 Å². The smallest absolute Gasteiger partial charge is 0.266 e. The number of fused-ring (bicyclic) bond motifs is 1. The minimum Gasteiger partial charge on any atom is -0.266 e. The summed E-state index contributed by atoms with van der Waals surface area (Å²) in [6.45, 7) is 6.56. The Kier molecular flexibility index (Phi) is 10.0. The fourth-order valence-electron chi connectivity index (χ4n) is 3.95. The van der Waals surface area contributed by atoms with Crippen molar-refractivity contribution in [3.8, 4) is 0 Å². The molecule has 196 valence electrons. The summed E-state index contributed by atoms with van der Waals surface area (Å²) in [7, 11) is -7.62. The summed E-state index contributed by atoms with van der Waals surface area (Å²) in [5, 5.41) is 1.42. The Balaban J connectivity index is 1.71. The number of unbranched alkanes of at least 4 members (excludes halogenated alkanes) is 3. The highest BCUT2D eigenvalue weighted by Gasteiger charge is 2.26. The van der Waals surface area contributed by atoms with Crippen LogP contribution in [0.5, 0.6) is 0 Å². The summed E-state index contributed by atoms with van der Waals surface area (Å²) in [5.74, 6) is -0.157. The SMILES string of the molecule is CCCCCCN(CCC(C)COS(=O)(=O)c1ccc(C)cc1)S(=O)(=O)c1cccc2cnccc12. The number of rotatable bonds is 14. The van der Waals surface area contributed by atoms with Crippen molar-refractivity contribution in [2.75, 3.05) is 19.7 Å². The van der Waals surface area contributed by atoms with Crippen LogP contribution in [0.15, 0.2) is 70.7 Å². The van der Waals surface area contributed by atoms with Gasteiger partial charge in [-0.05, 0) is 49.9 Å². The van der Waals surface area contributed by atoms with Crippen molar-refractivity contribution in [3.63, 3.8) is 0 Å². The highest BCUT2D eigenvalue weighted by molar-refractivity contribution is 7.89. The summed E-state index contributed by atoms with van der Waals surface area (Å²) < 4.78 is 59.3. The molecule has 0 aliphatic rings. The number of benzene rings is 2. The van der Waals surface area contributed by atoms with Crippen LogP contribution in [0, 0.1) is 12.8 Å². The van der Waals surface area contributed by atoms with E-state index in [-0.39, 0.29) is 28.9 Å². The number of hydrogen-bond acceptors (Lipinski definition) is 6. The number of pyridine rings is 1. The Morgan fingerprint density at radius 3 is 2.42 bits per heavy atom. The number of aryl methyl sites for hydroxylation is 1. The van der Waals surface area contributed by atoms with E-state index in [1.165, 1.54) is 16.4 Å². The molecule has 1 heterocycles. The normalized spacial score (nSPS) is 13.3. The molecule has 0 aliphatic heterocycles. The Hall–Kier alpha value is -2.33. The highest BCUT2D eigenvalue weighted by Crippen LogP contribution is 2.26. The van der Waals surface area contributed by atoms with Crippen molar-refractivity contribution < 1.29 is 21.0 Å². The minimum absolute atomic E-state index is 0.0140. The zero-order valence-electron chi connectivity index (χ0n) is 21.3. The van der Waals surface area contributed by atoms with Crippen LogP contribution < -0.4 is 0 Å². The van der Waals surface area contributed by atoms with Crippen molar-refractivity contribution >= 4 is 30.9 Å². The third-order valence-corrected chi connectivity index (χ3v) is 9.46. The molecule has 0 amide bonds. The summed E-state index contributed by atoms with van der Waals surface area (Å²) in [6.07, 6.45) is 7.57. The number of nitrogens with zero attached hydrogens (tertiary/aromatic N) is 2. The van der Waals surface area contributed by atoms with Gasteiger partial charge in [0.1, 0.15) is 0 Å². The van der Waals surface area contributed by atoms with Crippen LogP contribution in [-0.4, -0.2) is 45.8 Å². The Labute approximate surface area is 215 Å². The average Bonchev–Trinajstić information content (AvgIpc) is 2.86. The predicted octanol–water partition coefficient (Wildman–Crippen LogP) is 5.55. The second-order valence-electron chi connectivity index (χ2n) is 9.26. The van der Waals surface area contributed by atoms with Gasteiger partial charge in [-0.25, -0.2) is 8.42 Å². The molecule has 0 aliphatic carbocycles. The zero-order valence-corrected chi connectivity index (χ0v) is 22.9. The molecule has 9 heteroatoms. The van der Waals surface area contributed by atoms with E-state index in [2.05, 4.69) is 11.9 Å². The number of aromatic nitrogens is 1. The molecule has 0 saturated carbocycles. The monoisotopic (exact) mass is 532 g/mol. The van der Waals surface area contributed by atoms with E-state index in [0.29, 0.717) is 18.4 Å².